The molecule has 0 saturated heterocycles. The Kier molecular flexibility index (Phi) is 4.78. The van der Waals surface area contributed by atoms with Crippen molar-refractivity contribution in [3.63, 3.8) is 0 Å². The fraction of sp³-hybridized carbons (Fsp3) is 0.188. The minimum Gasteiger partial charge on any atom is -0.389 e. The van der Waals surface area contributed by atoms with Gasteiger partial charge in [0.1, 0.15) is 4.99 Å². The molecule has 2 nitrogen and oxygen atoms in total. The van der Waals surface area contributed by atoms with Gasteiger partial charge in [0.25, 0.3) is 0 Å². The van der Waals surface area contributed by atoms with Gasteiger partial charge in [0.2, 0.25) is 0 Å². The summed E-state index contributed by atoms with van der Waals surface area (Å²) in [6.45, 7) is 2.87. The topological polar surface area (TPSA) is 29.3 Å². The predicted molar refractivity (Wildman–Crippen MR) is 93.3 cm³/mol. The van der Waals surface area contributed by atoms with Crippen LogP contribution in [-0.2, 0) is 6.54 Å². The highest BCUT2D eigenvalue weighted by Crippen LogP contribution is 2.27. The van der Waals surface area contributed by atoms with Crippen LogP contribution in [0.3, 0.4) is 0 Å². The molecule has 0 amide bonds. The van der Waals surface area contributed by atoms with Gasteiger partial charge in [-0.05, 0) is 30.2 Å². The molecule has 0 heterocycles. The number of hydrogen-bond donors (Lipinski definition) is 1. The van der Waals surface area contributed by atoms with Crippen LogP contribution in [0.5, 0.6) is 0 Å². The number of para-hydroxylation sites is 1. The Labute approximate surface area is 133 Å². The van der Waals surface area contributed by atoms with Gasteiger partial charge in [0.05, 0.1) is 0 Å². The number of anilines is 1. The lowest BCUT2D eigenvalue weighted by Crippen LogP contribution is -2.22. The van der Waals surface area contributed by atoms with Gasteiger partial charge < -0.3 is 10.6 Å². The molecule has 2 rings (SSSR count). The lowest BCUT2D eigenvalue weighted by molar-refractivity contribution is 0.911. The fourth-order valence-corrected chi connectivity index (χ4v) is 2.90. The summed E-state index contributed by atoms with van der Waals surface area (Å²) in [4.78, 5) is 2.62. The van der Waals surface area contributed by atoms with Gasteiger partial charge in [-0.3, -0.25) is 0 Å². The number of nitrogens with zero attached hydrogens (tertiary/aromatic N) is 1. The molecule has 0 aromatic heterocycles. The van der Waals surface area contributed by atoms with Crippen LogP contribution in [0.4, 0.5) is 5.69 Å². The Morgan fingerprint density at radius 2 is 1.90 bits per heavy atom. The third kappa shape index (κ3) is 3.19. The van der Waals surface area contributed by atoms with Crippen LogP contribution in [0.2, 0.25) is 0 Å². The van der Waals surface area contributed by atoms with Crippen molar-refractivity contribution in [3.8, 4) is 0 Å². The molecule has 0 atom stereocenters. The minimum absolute atomic E-state index is 0.433. The lowest BCUT2D eigenvalue weighted by Gasteiger charge is -2.25. The van der Waals surface area contributed by atoms with E-state index in [9.17, 15) is 0 Å². The third-order valence-corrected chi connectivity index (χ3v) is 4.24. The molecule has 0 spiro atoms. The summed E-state index contributed by atoms with van der Waals surface area (Å²) in [5, 5.41) is 0. The average Bonchev–Trinajstić information content (AvgIpc) is 2.40. The molecule has 0 bridgehead atoms. The first-order valence-electron chi connectivity index (χ1n) is 6.34. The van der Waals surface area contributed by atoms with Gasteiger partial charge in [-0.1, -0.05) is 58.5 Å². The zero-order chi connectivity index (χ0) is 14.7. The number of hydrogen-bond acceptors (Lipinski definition) is 2. The van der Waals surface area contributed by atoms with E-state index in [1.807, 2.05) is 24.3 Å². The van der Waals surface area contributed by atoms with Crippen molar-refractivity contribution in [1.82, 2.24) is 0 Å². The molecule has 0 saturated carbocycles. The molecule has 0 unspecified atom stereocenters. The van der Waals surface area contributed by atoms with Gasteiger partial charge in [-0.15, -0.1) is 0 Å². The van der Waals surface area contributed by atoms with E-state index >= 15 is 0 Å². The van der Waals surface area contributed by atoms with Gasteiger partial charge in [-0.2, -0.15) is 0 Å². The molecule has 2 aromatic carbocycles. The second kappa shape index (κ2) is 6.37. The van der Waals surface area contributed by atoms with E-state index in [-0.39, 0.29) is 0 Å². The van der Waals surface area contributed by atoms with E-state index in [0.717, 1.165) is 22.3 Å². The first-order valence-corrected chi connectivity index (χ1v) is 7.54. The van der Waals surface area contributed by atoms with Crippen molar-refractivity contribution in [2.24, 2.45) is 5.73 Å². The molecular formula is C16H17BrN2S. The summed E-state index contributed by atoms with van der Waals surface area (Å²) in [6.07, 6.45) is 0. The summed E-state index contributed by atoms with van der Waals surface area (Å²) in [6, 6.07) is 14.3. The van der Waals surface area contributed by atoms with Crippen molar-refractivity contribution < 1.29 is 0 Å². The Balaban J connectivity index is 2.37. The number of aryl methyl sites for hydroxylation is 1. The van der Waals surface area contributed by atoms with Crippen LogP contribution in [0.15, 0.2) is 46.9 Å². The molecule has 4 heteroatoms. The zero-order valence-corrected chi connectivity index (χ0v) is 14.0. The zero-order valence-electron chi connectivity index (χ0n) is 11.6. The van der Waals surface area contributed by atoms with E-state index in [1.165, 1.54) is 11.1 Å². The van der Waals surface area contributed by atoms with Crippen molar-refractivity contribution in [3.05, 3.63) is 63.6 Å². The number of nitrogens with two attached hydrogens (primary N) is 1. The minimum atomic E-state index is 0.433. The van der Waals surface area contributed by atoms with Crippen LogP contribution >= 0.6 is 28.1 Å². The SMILES string of the molecule is Cc1cccc(C(N)=S)c1N(C)Cc1ccccc1Br. The maximum Gasteiger partial charge on any atom is 0.106 e. The second-order valence-electron chi connectivity index (χ2n) is 4.78. The Morgan fingerprint density at radius 1 is 1.20 bits per heavy atom. The summed E-state index contributed by atoms with van der Waals surface area (Å²) in [5.74, 6) is 0. The largest absolute Gasteiger partial charge is 0.389 e. The van der Waals surface area contributed by atoms with E-state index in [4.69, 9.17) is 18.0 Å². The highest BCUT2D eigenvalue weighted by molar-refractivity contribution is 9.10. The average molecular weight is 349 g/mol. The number of halogens is 1. The van der Waals surface area contributed by atoms with Crippen LogP contribution in [0.25, 0.3) is 0 Å². The van der Waals surface area contributed by atoms with E-state index < -0.39 is 0 Å². The molecule has 0 aliphatic rings. The van der Waals surface area contributed by atoms with Gasteiger partial charge >= 0.3 is 0 Å². The standard InChI is InChI=1S/C16H17BrN2S/c1-11-6-5-8-13(16(18)20)15(11)19(2)10-12-7-3-4-9-14(12)17/h3-9H,10H2,1-2H3,(H2,18,20). The number of rotatable bonds is 4. The first kappa shape index (κ1) is 15.0. The first-order chi connectivity index (χ1) is 9.50. The lowest BCUT2D eigenvalue weighted by atomic mass is 10.1. The van der Waals surface area contributed by atoms with Crippen molar-refractivity contribution in [1.29, 1.82) is 0 Å². The van der Waals surface area contributed by atoms with Gasteiger partial charge in [-0.25, -0.2) is 0 Å². The molecule has 0 aliphatic heterocycles. The number of benzene rings is 2. The van der Waals surface area contributed by atoms with Gasteiger partial charge in [0.15, 0.2) is 0 Å². The third-order valence-electron chi connectivity index (χ3n) is 3.25. The van der Waals surface area contributed by atoms with Crippen LogP contribution in [0.1, 0.15) is 16.7 Å². The highest BCUT2D eigenvalue weighted by Gasteiger charge is 2.13. The van der Waals surface area contributed by atoms with Crippen LogP contribution < -0.4 is 10.6 Å². The smallest absolute Gasteiger partial charge is 0.106 e. The molecule has 20 heavy (non-hydrogen) atoms. The maximum absolute atomic E-state index is 5.84. The van der Waals surface area contributed by atoms with Gasteiger partial charge in [0, 0.05) is 29.3 Å². The van der Waals surface area contributed by atoms with Crippen LogP contribution in [-0.4, -0.2) is 12.0 Å². The molecule has 0 fully saturated rings. The van der Waals surface area contributed by atoms with E-state index in [1.54, 1.807) is 0 Å². The molecule has 0 radical (unpaired) electrons. The Morgan fingerprint density at radius 3 is 2.55 bits per heavy atom. The predicted octanol–water partition coefficient (Wildman–Crippen LogP) is 4.03. The molecule has 2 N–H and O–H groups in total. The fourth-order valence-electron chi connectivity index (χ4n) is 2.33. The monoisotopic (exact) mass is 348 g/mol. The molecular weight excluding hydrogens is 332 g/mol. The summed E-state index contributed by atoms with van der Waals surface area (Å²) >= 11 is 8.75. The maximum atomic E-state index is 5.84. The highest BCUT2D eigenvalue weighted by atomic mass is 79.9. The Hall–Kier alpha value is -1.39. The number of thiocarbonyl (C=S) groups is 1. The van der Waals surface area contributed by atoms with Crippen molar-refractivity contribution in [2.75, 3.05) is 11.9 Å². The van der Waals surface area contributed by atoms with E-state index in [0.29, 0.717) is 4.99 Å². The summed E-state index contributed by atoms with van der Waals surface area (Å²) in [5.41, 5.74) is 10.3. The van der Waals surface area contributed by atoms with Crippen molar-refractivity contribution in [2.45, 2.75) is 13.5 Å². The normalized spacial score (nSPS) is 10.3. The molecule has 0 aliphatic carbocycles. The molecule has 2 aromatic rings. The molecule has 104 valence electrons. The summed E-state index contributed by atoms with van der Waals surface area (Å²) in [7, 11) is 2.06. The summed E-state index contributed by atoms with van der Waals surface area (Å²) < 4.78 is 1.11. The van der Waals surface area contributed by atoms with Crippen LogP contribution in [0, 0.1) is 6.92 Å². The second-order valence-corrected chi connectivity index (χ2v) is 6.08. The Bertz CT molecular complexity index is 640. The quantitative estimate of drug-likeness (QED) is 0.845. The van der Waals surface area contributed by atoms with Crippen molar-refractivity contribution >= 4 is 38.8 Å². The van der Waals surface area contributed by atoms with E-state index in [2.05, 4.69) is 53.0 Å².